The van der Waals surface area contributed by atoms with E-state index in [1.54, 1.807) is 0 Å². The van der Waals surface area contributed by atoms with E-state index in [1.807, 2.05) is 24.3 Å². The molecule has 2 fully saturated rings. The molecule has 0 radical (unpaired) electrons. The van der Waals surface area contributed by atoms with Crippen molar-refractivity contribution in [3.05, 3.63) is 53.1 Å². The first-order valence-electron chi connectivity index (χ1n) is 10.6. The average molecular weight is 414 g/mol. The van der Waals surface area contributed by atoms with Crippen molar-refractivity contribution in [2.75, 3.05) is 60.9 Å². The number of aryl methyl sites for hydroxylation is 1. The fourth-order valence-corrected chi connectivity index (χ4v) is 4.49. The van der Waals surface area contributed by atoms with Gasteiger partial charge in [-0.2, -0.15) is 0 Å². The van der Waals surface area contributed by atoms with E-state index in [1.165, 1.54) is 34.7 Å². The van der Waals surface area contributed by atoms with Crippen LogP contribution in [-0.2, 0) is 4.79 Å². The summed E-state index contributed by atoms with van der Waals surface area (Å²) < 4.78 is 0. The van der Waals surface area contributed by atoms with Gasteiger partial charge in [-0.15, -0.1) is 0 Å². The molecule has 2 heterocycles. The van der Waals surface area contributed by atoms with Gasteiger partial charge in [0.1, 0.15) is 0 Å². The molecule has 0 spiro atoms. The van der Waals surface area contributed by atoms with Crippen LogP contribution < -0.4 is 20.0 Å². The van der Waals surface area contributed by atoms with Crippen molar-refractivity contribution in [3.8, 4) is 0 Å². The van der Waals surface area contributed by atoms with Gasteiger partial charge >= 0.3 is 0 Å². The summed E-state index contributed by atoms with van der Waals surface area (Å²) in [7, 11) is 0. The third-order valence-electron chi connectivity index (χ3n) is 6.02. The highest BCUT2D eigenvalue weighted by Gasteiger charge is 2.23. The van der Waals surface area contributed by atoms with Crippen molar-refractivity contribution in [2.45, 2.75) is 19.8 Å². The smallest absolute Gasteiger partial charge is 0.279 e. The van der Waals surface area contributed by atoms with Crippen molar-refractivity contribution in [3.63, 3.8) is 0 Å². The maximum absolute atomic E-state index is 12.5. The molecule has 0 aromatic heterocycles. The summed E-state index contributed by atoms with van der Waals surface area (Å²) in [6.45, 7) is 8.68. The Morgan fingerprint density at radius 2 is 1.69 bits per heavy atom. The van der Waals surface area contributed by atoms with Gasteiger partial charge in [0.2, 0.25) is 0 Å². The number of carbonyl (C=O) groups excluding carboxylic acids is 1. The molecule has 1 amide bonds. The van der Waals surface area contributed by atoms with Gasteiger partial charge in [-0.1, -0.05) is 17.7 Å². The number of rotatable bonds is 5. The van der Waals surface area contributed by atoms with E-state index in [-0.39, 0.29) is 5.91 Å². The van der Waals surface area contributed by atoms with Crippen LogP contribution in [0.2, 0.25) is 5.02 Å². The first-order chi connectivity index (χ1) is 14.1. The van der Waals surface area contributed by atoms with Gasteiger partial charge in [0.05, 0.1) is 26.2 Å². The third-order valence-corrected chi connectivity index (χ3v) is 6.25. The molecule has 0 atom stereocenters. The van der Waals surface area contributed by atoms with Crippen LogP contribution >= 0.6 is 11.6 Å². The molecule has 0 saturated carbocycles. The van der Waals surface area contributed by atoms with Crippen molar-refractivity contribution in [1.29, 1.82) is 0 Å². The number of hydrogen-bond acceptors (Lipinski definition) is 3. The first-order valence-corrected chi connectivity index (χ1v) is 11.0. The molecule has 2 aromatic rings. The Morgan fingerprint density at radius 1 is 1.00 bits per heavy atom. The van der Waals surface area contributed by atoms with Gasteiger partial charge in [0.15, 0.2) is 6.54 Å². The normalized spacial score (nSPS) is 17.6. The number of piperazine rings is 1. The van der Waals surface area contributed by atoms with Crippen molar-refractivity contribution < 1.29 is 9.69 Å². The van der Waals surface area contributed by atoms with E-state index in [0.29, 0.717) is 6.54 Å². The zero-order valence-corrected chi connectivity index (χ0v) is 17.8. The molecule has 2 aromatic carbocycles. The minimum Gasteiger partial charge on any atom is -0.372 e. The van der Waals surface area contributed by atoms with E-state index in [2.05, 4.69) is 40.2 Å². The van der Waals surface area contributed by atoms with Gasteiger partial charge in [-0.3, -0.25) is 4.79 Å². The summed E-state index contributed by atoms with van der Waals surface area (Å²) >= 11 is 6.17. The minimum atomic E-state index is 0.0845. The molecule has 0 bridgehead atoms. The lowest BCUT2D eigenvalue weighted by atomic mass is 10.1. The fourth-order valence-electron chi connectivity index (χ4n) is 4.33. The SMILES string of the molecule is Cc1ccc(Cl)cc1N1CC[NH+](CC(=O)Nc2ccc(N3CCCC3)cc2)CC1. The molecule has 154 valence electrons. The van der Waals surface area contributed by atoms with Crippen LogP contribution in [0.25, 0.3) is 0 Å². The summed E-state index contributed by atoms with van der Waals surface area (Å²) in [5, 5.41) is 3.83. The summed E-state index contributed by atoms with van der Waals surface area (Å²) in [4.78, 5) is 18.6. The van der Waals surface area contributed by atoms with Gasteiger partial charge < -0.3 is 20.0 Å². The second-order valence-electron chi connectivity index (χ2n) is 8.13. The number of amides is 1. The lowest BCUT2D eigenvalue weighted by Crippen LogP contribution is -3.15. The number of carbonyl (C=O) groups is 1. The topological polar surface area (TPSA) is 40.0 Å². The molecule has 2 aliphatic rings. The molecule has 0 unspecified atom stereocenters. The second-order valence-corrected chi connectivity index (χ2v) is 8.57. The quantitative estimate of drug-likeness (QED) is 0.791. The Labute approximate surface area is 178 Å². The van der Waals surface area contributed by atoms with Crippen LogP contribution in [0.1, 0.15) is 18.4 Å². The van der Waals surface area contributed by atoms with Crippen molar-refractivity contribution >= 4 is 34.6 Å². The van der Waals surface area contributed by atoms with Crippen LogP contribution in [0, 0.1) is 6.92 Å². The van der Waals surface area contributed by atoms with Gasteiger partial charge in [0, 0.05) is 35.2 Å². The summed E-state index contributed by atoms with van der Waals surface area (Å²) in [5.74, 6) is 0.0845. The monoisotopic (exact) mass is 413 g/mol. The maximum Gasteiger partial charge on any atom is 0.279 e. The van der Waals surface area contributed by atoms with Crippen LogP contribution in [-0.4, -0.2) is 51.7 Å². The van der Waals surface area contributed by atoms with Crippen molar-refractivity contribution in [1.82, 2.24) is 0 Å². The zero-order chi connectivity index (χ0) is 20.2. The summed E-state index contributed by atoms with van der Waals surface area (Å²) in [6.07, 6.45) is 2.54. The molecule has 0 aliphatic carbocycles. The lowest BCUT2D eigenvalue weighted by Gasteiger charge is -2.34. The Bertz CT molecular complexity index is 840. The molecule has 2 aliphatic heterocycles. The largest absolute Gasteiger partial charge is 0.372 e. The molecule has 4 rings (SSSR count). The number of nitrogens with one attached hydrogen (secondary N) is 2. The molecule has 2 N–H and O–H groups in total. The van der Waals surface area contributed by atoms with Gasteiger partial charge in [0.25, 0.3) is 5.91 Å². The predicted octanol–water partition coefficient (Wildman–Crippen LogP) is 2.59. The maximum atomic E-state index is 12.5. The molecular weight excluding hydrogens is 384 g/mol. The highest BCUT2D eigenvalue weighted by molar-refractivity contribution is 6.30. The van der Waals surface area contributed by atoms with Crippen LogP contribution in [0.15, 0.2) is 42.5 Å². The van der Waals surface area contributed by atoms with Crippen LogP contribution in [0.3, 0.4) is 0 Å². The molecule has 6 heteroatoms. The van der Waals surface area contributed by atoms with Gasteiger partial charge in [-0.05, 0) is 61.7 Å². The Morgan fingerprint density at radius 3 is 2.38 bits per heavy atom. The molecule has 29 heavy (non-hydrogen) atoms. The molecule has 2 saturated heterocycles. The van der Waals surface area contributed by atoms with E-state index in [9.17, 15) is 4.79 Å². The minimum absolute atomic E-state index is 0.0845. The molecular formula is C23H30ClN4O+. The van der Waals surface area contributed by atoms with E-state index in [0.717, 1.165) is 50.0 Å². The van der Waals surface area contributed by atoms with Crippen molar-refractivity contribution in [2.24, 2.45) is 0 Å². The predicted molar refractivity (Wildman–Crippen MR) is 120 cm³/mol. The number of quaternary nitrogens is 1. The fraction of sp³-hybridized carbons (Fsp3) is 0.435. The number of nitrogens with zero attached hydrogens (tertiary/aromatic N) is 2. The Kier molecular flexibility index (Phi) is 6.26. The summed E-state index contributed by atoms with van der Waals surface area (Å²) in [5.41, 5.74) is 4.58. The highest BCUT2D eigenvalue weighted by atomic mass is 35.5. The zero-order valence-electron chi connectivity index (χ0n) is 17.1. The summed E-state index contributed by atoms with van der Waals surface area (Å²) in [6, 6.07) is 14.3. The average Bonchev–Trinajstić information content (AvgIpc) is 3.26. The van der Waals surface area contributed by atoms with E-state index < -0.39 is 0 Å². The van der Waals surface area contributed by atoms with Gasteiger partial charge in [-0.25, -0.2) is 0 Å². The first kappa shape index (κ1) is 20.0. The molecule has 5 nitrogen and oxygen atoms in total. The van der Waals surface area contributed by atoms with E-state index in [4.69, 9.17) is 11.6 Å². The standard InChI is InChI=1S/C23H29ClN4O/c1-18-4-5-19(24)16-22(18)28-14-12-26(13-15-28)17-23(29)25-20-6-8-21(9-7-20)27-10-2-3-11-27/h4-9,16H,2-3,10-15,17H2,1H3,(H,25,29)/p+1. The van der Waals surface area contributed by atoms with E-state index >= 15 is 0 Å². The number of hydrogen-bond donors (Lipinski definition) is 2. The van der Waals surface area contributed by atoms with Crippen LogP contribution in [0.4, 0.5) is 17.1 Å². The number of anilines is 3. The lowest BCUT2D eigenvalue weighted by molar-refractivity contribution is -0.892. The third kappa shape index (κ3) is 5.03. The number of halogens is 1. The Hall–Kier alpha value is -2.24. The highest BCUT2D eigenvalue weighted by Crippen LogP contribution is 2.24. The number of benzene rings is 2. The Balaban J connectivity index is 1.26. The van der Waals surface area contributed by atoms with Crippen LogP contribution in [0.5, 0.6) is 0 Å². The second kappa shape index (κ2) is 9.06.